The average molecular weight is 505 g/mol. The summed E-state index contributed by atoms with van der Waals surface area (Å²) in [6.07, 6.45) is 5.04. The number of ether oxygens (including phenoxy) is 1. The lowest BCUT2D eigenvalue weighted by Crippen LogP contribution is -2.23. The molecule has 0 fully saturated rings. The fraction of sp³-hybridized carbons (Fsp3) is 0.310. The Morgan fingerprint density at radius 3 is 2.64 bits per heavy atom. The van der Waals surface area contributed by atoms with Crippen LogP contribution in [0.3, 0.4) is 0 Å². The van der Waals surface area contributed by atoms with E-state index in [9.17, 15) is 4.79 Å². The fourth-order valence-corrected chi connectivity index (χ4v) is 4.31. The molecule has 0 aliphatic rings. The van der Waals surface area contributed by atoms with Crippen molar-refractivity contribution in [2.45, 2.75) is 47.0 Å². The normalized spacial score (nSPS) is 11.9. The van der Waals surface area contributed by atoms with Gasteiger partial charge in [-0.1, -0.05) is 62.4 Å². The van der Waals surface area contributed by atoms with E-state index in [-0.39, 0.29) is 5.91 Å². The van der Waals surface area contributed by atoms with Crippen LogP contribution < -0.4 is 15.4 Å². The van der Waals surface area contributed by atoms with Gasteiger partial charge in [0.1, 0.15) is 23.0 Å². The quantitative estimate of drug-likeness (QED) is 0.221. The number of imidazole rings is 1. The SMILES string of the molecule is C/C=C\SC(NC(=O)c1[nH]c(-c2cccc(NCCCC)c2)nc1-c1cccc(OC)c1)=C(C)CC. The first-order valence-electron chi connectivity index (χ1n) is 12.4. The molecule has 3 N–H and O–H groups in total. The Bertz CT molecular complexity index is 1230. The third-order valence-electron chi connectivity index (χ3n) is 5.74. The van der Waals surface area contributed by atoms with Gasteiger partial charge in [0, 0.05) is 23.4 Å². The highest BCUT2D eigenvalue weighted by Crippen LogP contribution is 2.30. The van der Waals surface area contributed by atoms with Gasteiger partial charge in [0.05, 0.1) is 12.1 Å². The molecule has 0 unspecified atom stereocenters. The molecule has 0 aliphatic heterocycles. The number of nitrogens with zero attached hydrogens (tertiary/aromatic N) is 1. The molecule has 190 valence electrons. The monoisotopic (exact) mass is 504 g/mol. The van der Waals surface area contributed by atoms with Gasteiger partial charge in [-0.05, 0) is 61.9 Å². The summed E-state index contributed by atoms with van der Waals surface area (Å²) in [4.78, 5) is 21.8. The molecular weight excluding hydrogens is 468 g/mol. The van der Waals surface area contributed by atoms with Crippen molar-refractivity contribution in [1.29, 1.82) is 0 Å². The Morgan fingerprint density at radius 1 is 1.14 bits per heavy atom. The van der Waals surface area contributed by atoms with Crippen molar-refractivity contribution in [2.24, 2.45) is 0 Å². The van der Waals surface area contributed by atoms with Crippen LogP contribution in [-0.4, -0.2) is 29.5 Å². The van der Waals surface area contributed by atoms with Gasteiger partial charge in [-0.3, -0.25) is 4.79 Å². The van der Waals surface area contributed by atoms with E-state index < -0.39 is 0 Å². The lowest BCUT2D eigenvalue weighted by atomic mass is 10.1. The first-order chi connectivity index (χ1) is 17.5. The number of aromatic amines is 1. The molecular formula is C29H36N4O2S. The standard InChI is InChI=1S/C29H36N4O2S/c1-6-9-16-30-23-14-10-13-22(18-23)27-31-25(21-12-11-15-24(19-21)35-5)26(32-27)28(34)33-29(20(4)8-3)36-17-7-2/h7,10-15,17-19,30H,6,8-9,16H2,1-5H3,(H,31,32)(H,33,34)/b17-7-,29-20?. The molecule has 1 heterocycles. The number of hydrogen-bond acceptors (Lipinski definition) is 5. The fourth-order valence-electron chi connectivity index (χ4n) is 3.54. The Hall–Kier alpha value is -3.45. The topological polar surface area (TPSA) is 79.0 Å². The zero-order valence-electron chi connectivity index (χ0n) is 21.8. The molecule has 3 rings (SSSR count). The van der Waals surface area contributed by atoms with Gasteiger partial charge in [0.25, 0.3) is 5.91 Å². The maximum absolute atomic E-state index is 13.6. The number of carbonyl (C=O) groups is 1. The van der Waals surface area contributed by atoms with Gasteiger partial charge in [-0.2, -0.15) is 0 Å². The van der Waals surface area contributed by atoms with Crippen LogP contribution in [0.15, 0.2) is 70.6 Å². The molecule has 0 atom stereocenters. The number of hydrogen-bond donors (Lipinski definition) is 3. The predicted molar refractivity (Wildman–Crippen MR) is 152 cm³/mol. The second-order valence-electron chi connectivity index (χ2n) is 8.41. The molecule has 0 aliphatic carbocycles. The molecule has 2 aromatic carbocycles. The lowest BCUT2D eigenvalue weighted by molar-refractivity contribution is 0.0964. The zero-order chi connectivity index (χ0) is 25.9. The highest BCUT2D eigenvalue weighted by Gasteiger charge is 2.21. The summed E-state index contributed by atoms with van der Waals surface area (Å²) in [5.74, 6) is 1.11. The summed E-state index contributed by atoms with van der Waals surface area (Å²) in [6, 6.07) is 15.7. The lowest BCUT2D eigenvalue weighted by Gasteiger charge is -2.11. The molecule has 0 saturated heterocycles. The van der Waals surface area contributed by atoms with Crippen LogP contribution in [0.4, 0.5) is 5.69 Å². The second-order valence-corrected chi connectivity index (χ2v) is 9.32. The molecule has 6 nitrogen and oxygen atoms in total. The van der Waals surface area contributed by atoms with E-state index in [1.165, 1.54) is 11.8 Å². The van der Waals surface area contributed by atoms with Gasteiger partial charge in [-0.15, -0.1) is 0 Å². The van der Waals surface area contributed by atoms with Crippen molar-refractivity contribution in [3.05, 3.63) is 76.3 Å². The van der Waals surface area contributed by atoms with E-state index >= 15 is 0 Å². The van der Waals surface area contributed by atoms with Crippen LogP contribution in [-0.2, 0) is 0 Å². The van der Waals surface area contributed by atoms with Gasteiger partial charge < -0.3 is 20.4 Å². The number of unbranched alkanes of at least 4 members (excludes halogenated alkanes) is 1. The molecule has 1 amide bonds. The van der Waals surface area contributed by atoms with Crippen molar-refractivity contribution in [3.63, 3.8) is 0 Å². The van der Waals surface area contributed by atoms with Gasteiger partial charge in [-0.25, -0.2) is 4.98 Å². The number of thioether (sulfide) groups is 1. The molecule has 0 radical (unpaired) electrons. The minimum absolute atomic E-state index is 0.233. The zero-order valence-corrected chi connectivity index (χ0v) is 22.6. The van der Waals surface area contributed by atoms with Crippen LogP contribution in [0.5, 0.6) is 5.75 Å². The van der Waals surface area contributed by atoms with E-state index in [0.29, 0.717) is 23.0 Å². The van der Waals surface area contributed by atoms with Crippen molar-refractivity contribution < 1.29 is 9.53 Å². The van der Waals surface area contributed by atoms with Crippen LogP contribution in [0.1, 0.15) is 57.4 Å². The number of amides is 1. The smallest absolute Gasteiger partial charge is 0.274 e. The summed E-state index contributed by atoms with van der Waals surface area (Å²) in [7, 11) is 1.63. The van der Waals surface area contributed by atoms with E-state index in [2.05, 4.69) is 35.5 Å². The maximum atomic E-state index is 13.6. The number of anilines is 1. The molecule has 7 heteroatoms. The van der Waals surface area contributed by atoms with E-state index in [4.69, 9.17) is 9.72 Å². The van der Waals surface area contributed by atoms with E-state index in [0.717, 1.165) is 53.2 Å². The summed E-state index contributed by atoms with van der Waals surface area (Å²) in [6.45, 7) is 9.16. The number of rotatable bonds is 12. The van der Waals surface area contributed by atoms with Gasteiger partial charge >= 0.3 is 0 Å². The number of H-pyrrole nitrogens is 1. The highest BCUT2D eigenvalue weighted by molar-refractivity contribution is 8.05. The summed E-state index contributed by atoms with van der Waals surface area (Å²) >= 11 is 1.50. The Labute approximate surface area is 218 Å². The first-order valence-corrected chi connectivity index (χ1v) is 13.3. The molecule has 0 bridgehead atoms. The Morgan fingerprint density at radius 2 is 1.92 bits per heavy atom. The maximum Gasteiger partial charge on any atom is 0.274 e. The molecule has 0 spiro atoms. The van der Waals surface area contributed by atoms with Gasteiger partial charge in [0.15, 0.2) is 0 Å². The highest BCUT2D eigenvalue weighted by atomic mass is 32.2. The largest absolute Gasteiger partial charge is 0.497 e. The van der Waals surface area contributed by atoms with E-state index in [1.807, 2.05) is 67.8 Å². The van der Waals surface area contributed by atoms with Gasteiger partial charge in [0.2, 0.25) is 0 Å². The van der Waals surface area contributed by atoms with Crippen LogP contribution >= 0.6 is 11.8 Å². The number of allylic oxidation sites excluding steroid dienone is 2. The van der Waals surface area contributed by atoms with Crippen molar-refractivity contribution >= 4 is 23.4 Å². The number of benzene rings is 2. The average Bonchev–Trinajstić information content (AvgIpc) is 3.37. The second kappa shape index (κ2) is 13.6. The van der Waals surface area contributed by atoms with Crippen molar-refractivity contribution in [2.75, 3.05) is 19.0 Å². The third-order valence-corrected chi connectivity index (χ3v) is 6.83. The molecule has 36 heavy (non-hydrogen) atoms. The molecule has 3 aromatic rings. The Balaban J connectivity index is 2.04. The number of carbonyl (C=O) groups excluding carboxylic acids is 1. The van der Waals surface area contributed by atoms with Crippen LogP contribution in [0.2, 0.25) is 0 Å². The molecule has 1 aromatic heterocycles. The van der Waals surface area contributed by atoms with Crippen molar-refractivity contribution in [1.82, 2.24) is 15.3 Å². The minimum Gasteiger partial charge on any atom is -0.497 e. The molecule has 0 saturated carbocycles. The summed E-state index contributed by atoms with van der Waals surface area (Å²) in [5.41, 5.74) is 4.83. The van der Waals surface area contributed by atoms with E-state index in [1.54, 1.807) is 7.11 Å². The first kappa shape index (κ1) is 27.1. The van der Waals surface area contributed by atoms with Crippen molar-refractivity contribution in [3.8, 4) is 28.4 Å². The number of methoxy groups -OCH3 is 1. The number of nitrogens with one attached hydrogen (secondary N) is 3. The Kier molecular flexibility index (Phi) is 10.2. The third kappa shape index (κ3) is 7.04. The van der Waals surface area contributed by atoms with Crippen LogP contribution in [0.25, 0.3) is 22.6 Å². The number of aromatic nitrogens is 2. The predicted octanol–water partition coefficient (Wildman–Crippen LogP) is 7.60. The minimum atomic E-state index is -0.233. The summed E-state index contributed by atoms with van der Waals surface area (Å²) < 4.78 is 5.42. The van der Waals surface area contributed by atoms with Crippen LogP contribution in [0, 0.1) is 0 Å². The summed E-state index contributed by atoms with van der Waals surface area (Å²) in [5, 5.41) is 9.36.